The maximum atomic E-state index is 5.92. The summed E-state index contributed by atoms with van der Waals surface area (Å²) in [6.45, 7) is 3.84. The third kappa shape index (κ3) is 3.15. The van der Waals surface area contributed by atoms with E-state index in [1.54, 1.807) is 6.07 Å². The Morgan fingerprint density at radius 1 is 1.43 bits per heavy atom. The van der Waals surface area contributed by atoms with Crippen molar-refractivity contribution in [1.82, 2.24) is 0 Å². The molecule has 1 unspecified atom stereocenters. The lowest BCUT2D eigenvalue weighted by Crippen LogP contribution is -2.33. The van der Waals surface area contributed by atoms with Crippen LogP contribution in [0.3, 0.4) is 0 Å². The predicted molar refractivity (Wildman–Crippen MR) is 62.9 cm³/mol. The largest absolute Gasteiger partial charge is 0.489 e. The summed E-state index contributed by atoms with van der Waals surface area (Å²) in [5.74, 6) is 0.739. The highest BCUT2D eigenvalue weighted by molar-refractivity contribution is 9.10. The van der Waals surface area contributed by atoms with Crippen LogP contribution in [0.5, 0.6) is 5.75 Å². The molecule has 0 aliphatic rings. The van der Waals surface area contributed by atoms with Gasteiger partial charge in [0.2, 0.25) is 0 Å². The Kier molecular flexibility index (Phi) is 4.23. The Hall–Kier alpha value is -0.250. The van der Waals surface area contributed by atoms with E-state index in [0.29, 0.717) is 5.02 Å². The van der Waals surface area contributed by atoms with Crippen LogP contribution >= 0.6 is 27.5 Å². The van der Waals surface area contributed by atoms with Gasteiger partial charge in [-0.25, -0.2) is 0 Å². The van der Waals surface area contributed by atoms with Crippen molar-refractivity contribution < 1.29 is 4.74 Å². The Morgan fingerprint density at radius 2 is 2.07 bits per heavy atom. The molecule has 2 atom stereocenters. The Balaban J connectivity index is 2.73. The maximum absolute atomic E-state index is 5.92. The zero-order chi connectivity index (χ0) is 10.7. The summed E-state index contributed by atoms with van der Waals surface area (Å²) in [4.78, 5) is 0. The molecule has 0 aromatic heterocycles. The molecular formula is C10H13BrClNO. The number of hydrogen-bond acceptors (Lipinski definition) is 2. The van der Waals surface area contributed by atoms with Gasteiger partial charge in [-0.2, -0.15) is 0 Å². The fraction of sp³-hybridized carbons (Fsp3) is 0.400. The molecule has 0 saturated heterocycles. The van der Waals surface area contributed by atoms with E-state index in [-0.39, 0.29) is 12.1 Å². The van der Waals surface area contributed by atoms with Crippen molar-refractivity contribution in [3.05, 3.63) is 27.7 Å². The molecule has 1 rings (SSSR count). The first-order valence-corrected chi connectivity index (χ1v) is 5.55. The molecule has 0 bridgehead atoms. The second-order valence-electron chi connectivity index (χ2n) is 3.26. The van der Waals surface area contributed by atoms with Gasteiger partial charge in [0.1, 0.15) is 11.9 Å². The molecule has 0 aliphatic carbocycles. The molecule has 2 nitrogen and oxygen atoms in total. The molecular weight excluding hydrogens is 265 g/mol. The molecule has 0 fully saturated rings. The highest BCUT2D eigenvalue weighted by Gasteiger charge is 2.09. The van der Waals surface area contributed by atoms with E-state index >= 15 is 0 Å². The van der Waals surface area contributed by atoms with Gasteiger partial charge in [0.15, 0.2) is 0 Å². The summed E-state index contributed by atoms with van der Waals surface area (Å²) >= 11 is 9.23. The topological polar surface area (TPSA) is 35.2 Å². The van der Waals surface area contributed by atoms with Gasteiger partial charge in [0.05, 0.1) is 5.02 Å². The van der Waals surface area contributed by atoms with Crippen LogP contribution in [0.15, 0.2) is 22.7 Å². The SMILES string of the molecule is CC(Oc1ccc(Br)c(Cl)c1)[C@H](C)N. The van der Waals surface area contributed by atoms with Crippen molar-refractivity contribution in [1.29, 1.82) is 0 Å². The predicted octanol–water partition coefficient (Wildman–Crippen LogP) is 3.22. The van der Waals surface area contributed by atoms with Crippen LogP contribution in [0.4, 0.5) is 0 Å². The van der Waals surface area contributed by atoms with Crippen molar-refractivity contribution in [2.75, 3.05) is 0 Å². The molecule has 0 heterocycles. The van der Waals surface area contributed by atoms with E-state index in [9.17, 15) is 0 Å². The molecule has 0 saturated carbocycles. The average molecular weight is 279 g/mol. The lowest BCUT2D eigenvalue weighted by molar-refractivity contribution is 0.196. The minimum absolute atomic E-state index is 0.00239. The highest BCUT2D eigenvalue weighted by Crippen LogP contribution is 2.27. The summed E-state index contributed by atoms with van der Waals surface area (Å²) in [5.41, 5.74) is 5.68. The Labute approximate surface area is 97.5 Å². The normalized spacial score (nSPS) is 14.9. The van der Waals surface area contributed by atoms with Crippen LogP contribution in [-0.2, 0) is 0 Å². The second-order valence-corrected chi connectivity index (χ2v) is 4.52. The van der Waals surface area contributed by atoms with Crippen molar-refractivity contribution >= 4 is 27.5 Å². The minimum atomic E-state index is -0.0211. The lowest BCUT2D eigenvalue weighted by atomic mass is 10.2. The van der Waals surface area contributed by atoms with Crippen LogP contribution in [0.1, 0.15) is 13.8 Å². The first kappa shape index (κ1) is 11.8. The molecule has 4 heteroatoms. The highest BCUT2D eigenvalue weighted by atomic mass is 79.9. The fourth-order valence-corrected chi connectivity index (χ4v) is 1.29. The molecule has 0 amide bonds. The molecule has 1 aromatic carbocycles. The van der Waals surface area contributed by atoms with E-state index in [0.717, 1.165) is 10.2 Å². The number of nitrogens with two attached hydrogens (primary N) is 1. The number of rotatable bonds is 3. The standard InChI is InChI=1S/C10H13BrClNO/c1-6(13)7(2)14-8-3-4-9(11)10(12)5-8/h3-7H,13H2,1-2H3/t6-,7?/m0/s1. The smallest absolute Gasteiger partial charge is 0.121 e. The third-order valence-electron chi connectivity index (χ3n) is 1.95. The van der Waals surface area contributed by atoms with Crippen LogP contribution in [-0.4, -0.2) is 12.1 Å². The molecule has 78 valence electrons. The first-order valence-electron chi connectivity index (χ1n) is 4.38. The molecule has 0 spiro atoms. The van der Waals surface area contributed by atoms with Gasteiger partial charge in [-0.3, -0.25) is 0 Å². The Bertz CT molecular complexity index is 317. The number of ether oxygens (including phenoxy) is 1. The Morgan fingerprint density at radius 3 is 2.57 bits per heavy atom. The van der Waals surface area contributed by atoms with Gasteiger partial charge in [0, 0.05) is 10.5 Å². The molecule has 0 aliphatic heterocycles. The summed E-state index contributed by atoms with van der Waals surface area (Å²) in [6, 6.07) is 5.47. The van der Waals surface area contributed by atoms with E-state index < -0.39 is 0 Å². The molecule has 1 aromatic rings. The lowest BCUT2D eigenvalue weighted by Gasteiger charge is -2.18. The van der Waals surface area contributed by atoms with Gasteiger partial charge in [-0.05, 0) is 48.0 Å². The van der Waals surface area contributed by atoms with Gasteiger partial charge in [-0.1, -0.05) is 11.6 Å². The van der Waals surface area contributed by atoms with Crippen LogP contribution in [0.2, 0.25) is 5.02 Å². The summed E-state index contributed by atoms with van der Waals surface area (Å²) in [7, 11) is 0. The monoisotopic (exact) mass is 277 g/mol. The first-order chi connectivity index (χ1) is 6.50. The zero-order valence-corrected chi connectivity index (χ0v) is 10.5. The van der Waals surface area contributed by atoms with Gasteiger partial charge in [-0.15, -0.1) is 0 Å². The average Bonchev–Trinajstić information content (AvgIpc) is 2.11. The van der Waals surface area contributed by atoms with Crippen molar-refractivity contribution in [3.63, 3.8) is 0 Å². The van der Waals surface area contributed by atoms with E-state index in [2.05, 4.69) is 15.9 Å². The summed E-state index contributed by atoms with van der Waals surface area (Å²) in [5, 5.41) is 0.638. The van der Waals surface area contributed by atoms with Crippen molar-refractivity contribution in [2.45, 2.75) is 26.0 Å². The van der Waals surface area contributed by atoms with Crippen LogP contribution < -0.4 is 10.5 Å². The van der Waals surface area contributed by atoms with Gasteiger partial charge < -0.3 is 10.5 Å². The summed E-state index contributed by atoms with van der Waals surface area (Å²) in [6.07, 6.45) is -0.0211. The van der Waals surface area contributed by atoms with Crippen LogP contribution in [0, 0.1) is 0 Å². The van der Waals surface area contributed by atoms with Gasteiger partial charge in [0.25, 0.3) is 0 Å². The molecule has 0 radical (unpaired) electrons. The minimum Gasteiger partial charge on any atom is -0.489 e. The maximum Gasteiger partial charge on any atom is 0.121 e. The zero-order valence-electron chi connectivity index (χ0n) is 8.13. The number of benzene rings is 1. The van der Waals surface area contributed by atoms with Crippen molar-refractivity contribution in [3.8, 4) is 5.75 Å². The molecule has 2 N–H and O–H groups in total. The summed E-state index contributed by atoms with van der Waals surface area (Å²) < 4.78 is 6.44. The van der Waals surface area contributed by atoms with E-state index in [1.807, 2.05) is 26.0 Å². The van der Waals surface area contributed by atoms with Crippen LogP contribution in [0.25, 0.3) is 0 Å². The quantitative estimate of drug-likeness (QED) is 0.921. The number of halogens is 2. The molecule has 14 heavy (non-hydrogen) atoms. The van der Waals surface area contributed by atoms with E-state index in [1.165, 1.54) is 0 Å². The van der Waals surface area contributed by atoms with Gasteiger partial charge >= 0.3 is 0 Å². The number of hydrogen-bond donors (Lipinski definition) is 1. The fourth-order valence-electron chi connectivity index (χ4n) is 0.872. The second kappa shape index (κ2) is 5.01. The van der Waals surface area contributed by atoms with E-state index in [4.69, 9.17) is 22.1 Å². The third-order valence-corrected chi connectivity index (χ3v) is 3.19. The van der Waals surface area contributed by atoms with Crippen molar-refractivity contribution in [2.24, 2.45) is 5.73 Å².